The van der Waals surface area contributed by atoms with Crippen molar-refractivity contribution < 1.29 is 19.4 Å². The van der Waals surface area contributed by atoms with Crippen LogP contribution in [0.15, 0.2) is 18.2 Å². The number of ether oxygens (including phenoxy) is 2. The molecule has 1 heterocycles. The minimum atomic E-state index is -0.954. The molecule has 0 aromatic heterocycles. The fourth-order valence-electron chi connectivity index (χ4n) is 2.29. The van der Waals surface area contributed by atoms with E-state index < -0.39 is 12.1 Å². The average molecular weight is 264 g/mol. The fourth-order valence-corrected chi connectivity index (χ4v) is 2.29. The minimum absolute atomic E-state index is 0.109. The molecular formula is C15H20O4. The van der Waals surface area contributed by atoms with Crippen LogP contribution in [0.3, 0.4) is 0 Å². The predicted molar refractivity (Wildman–Crippen MR) is 71.7 cm³/mol. The van der Waals surface area contributed by atoms with Crippen LogP contribution in [0.2, 0.25) is 0 Å². The van der Waals surface area contributed by atoms with E-state index in [2.05, 4.69) is 0 Å². The van der Waals surface area contributed by atoms with Crippen LogP contribution in [-0.4, -0.2) is 22.8 Å². The zero-order valence-corrected chi connectivity index (χ0v) is 11.8. The SMILES string of the molecule is CC(C)C(Oc1cccc2c1OC(C)(C)C2)C(=O)O. The van der Waals surface area contributed by atoms with Crippen molar-refractivity contribution in [1.82, 2.24) is 0 Å². The molecule has 0 radical (unpaired) electrons. The first-order valence-corrected chi connectivity index (χ1v) is 6.50. The Bertz CT molecular complexity index is 491. The van der Waals surface area contributed by atoms with Gasteiger partial charge in [0.1, 0.15) is 5.60 Å². The third-order valence-electron chi connectivity index (χ3n) is 3.16. The molecule has 1 unspecified atom stereocenters. The molecular weight excluding hydrogens is 244 g/mol. The van der Waals surface area contributed by atoms with Gasteiger partial charge in [0.2, 0.25) is 0 Å². The number of carboxylic acid groups (broad SMARTS) is 1. The van der Waals surface area contributed by atoms with Crippen LogP contribution in [-0.2, 0) is 11.2 Å². The molecule has 1 aliphatic heterocycles. The van der Waals surface area contributed by atoms with Gasteiger partial charge in [-0.05, 0) is 19.9 Å². The quantitative estimate of drug-likeness (QED) is 0.908. The molecule has 4 heteroatoms. The lowest BCUT2D eigenvalue weighted by atomic mass is 10.0. The molecule has 0 saturated heterocycles. The maximum absolute atomic E-state index is 11.2. The molecule has 0 aliphatic carbocycles. The Morgan fingerprint density at radius 1 is 1.42 bits per heavy atom. The van der Waals surface area contributed by atoms with Gasteiger partial charge >= 0.3 is 5.97 Å². The molecule has 0 saturated carbocycles. The zero-order valence-electron chi connectivity index (χ0n) is 11.8. The van der Waals surface area contributed by atoms with Crippen molar-refractivity contribution in [2.45, 2.75) is 45.8 Å². The smallest absolute Gasteiger partial charge is 0.345 e. The Balaban J connectivity index is 2.28. The van der Waals surface area contributed by atoms with Gasteiger partial charge in [-0.2, -0.15) is 0 Å². The summed E-state index contributed by atoms with van der Waals surface area (Å²) < 4.78 is 11.5. The molecule has 0 fully saturated rings. The number of carboxylic acids is 1. The maximum Gasteiger partial charge on any atom is 0.345 e. The van der Waals surface area contributed by atoms with Crippen molar-refractivity contribution in [2.24, 2.45) is 5.92 Å². The summed E-state index contributed by atoms with van der Waals surface area (Å²) in [5.74, 6) is 0.135. The second-order valence-corrected chi connectivity index (χ2v) is 5.90. The molecule has 1 N–H and O–H groups in total. The lowest BCUT2D eigenvalue weighted by Gasteiger charge is -2.21. The molecule has 2 rings (SSSR count). The molecule has 19 heavy (non-hydrogen) atoms. The summed E-state index contributed by atoms with van der Waals surface area (Å²) in [6.45, 7) is 7.67. The van der Waals surface area contributed by atoms with Crippen molar-refractivity contribution in [3.8, 4) is 11.5 Å². The van der Waals surface area contributed by atoms with Crippen molar-refractivity contribution in [2.75, 3.05) is 0 Å². The zero-order chi connectivity index (χ0) is 14.2. The number of para-hydroxylation sites is 1. The standard InChI is InChI=1S/C15H20O4/c1-9(2)12(14(16)17)18-11-7-5-6-10-8-15(3,4)19-13(10)11/h5-7,9,12H,8H2,1-4H3,(H,16,17). The Labute approximate surface area is 113 Å². The number of fused-ring (bicyclic) bond motifs is 1. The molecule has 1 aliphatic rings. The van der Waals surface area contributed by atoms with E-state index in [1.54, 1.807) is 6.07 Å². The molecule has 1 atom stereocenters. The first-order chi connectivity index (χ1) is 8.80. The van der Waals surface area contributed by atoms with Crippen LogP contribution in [0.4, 0.5) is 0 Å². The predicted octanol–water partition coefficient (Wildman–Crippen LogP) is 2.89. The molecule has 0 amide bonds. The molecule has 4 nitrogen and oxygen atoms in total. The highest BCUT2D eigenvalue weighted by Crippen LogP contribution is 2.42. The maximum atomic E-state index is 11.2. The summed E-state index contributed by atoms with van der Waals surface area (Å²) in [5.41, 5.74) is 0.800. The van der Waals surface area contributed by atoms with Gasteiger partial charge in [-0.1, -0.05) is 26.0 Å². The van der Waals surface area contributed by atoms with Gasteiger partial charge in [0.15, 0.2) is 17.6 Å². The van der Waals surface area contributed by atoms with Crippen molar-refractivity contribution in [3.05, 3.63) is 23.8 Å². The number of benzene rings is 1. The Kier molecular flexibility index (Phi) is 3.43. The monoisotopic (exact) mass is 264 g/mol. The highest BCUT2D eigenvalue weighted by Gasteiger charge is 2.34. The topological polar surface area (TPSA) is 55.8 Å². The highest BCUT2D eigenvalue weighted by molar-refractivity contribution is 5.73. The molecule has 0 spiro atoms. The van der Waals surface area contributed by atoms with E-state index >= 15 is 0 Å². The van der Waals surface area contributed by atoms with Crippen LogP contribution < -0.4 is 9.47 Å². The van der Waals surface area contributed by atoms with E-state index in [9.17, 15) is 9.90 Å². The molecule has 104 valence electrons. The molecule has 0 bridgehead atoms. The van der Waals surface area contributed by atoms with Crippen LogP contribution in [0.25, 0.3) is 0 Å². The summed E-state index contributed by atoms with van der Waals surface area (Å²) in [6, 6.07) is 5.62. The van der Waals surface area contributed by atoms with Gasteiger partial charge in [0.05, 0.1) is 0 Å². The van der Waals surface area contributed by atoms with E-state index in [1.165, 1.54) is 0 Å². The van der Waals surface area contributed by atoms with Crippen LogP contribution >= 0.6 is 0 Å². The number of hydrogen-bond acceptors (Lipinski definition) is 3. The van der Waals surface area contributed by atoms with Crippen LogP contribution in [0, 0.1) is 5.92 Å². The van der Waals surface area contributed by atoms with Gasteiger partial charge in [0, 0.05) is 17.9 Å². The normalized spacial score (nSPS) is 17.7. The van der Waals surface area contributed by atoms with Gasteiger partial charge in [0.25, 0.3) is 0 Å². The fraction of sp³-hybridized carbons (Fsp3) is 0.533. The largest absolute Gasteiger partial charge is 0.483 e. The minimum Gasteiger partial charge on any atom is -0.483 e. The van der Waals surface area contributed by atoms with Crippen molar-refractivity contribution >= 4 is 5.97 Å². The van der Waals surface area contributed by atoms with E-state index in [0.717, 1.165) is 12.0 Å². The number of rotatable bonds is 4. The van der Waals surface area contributed by atoms with Gasteiger partial charge < -0.3 is 14.6 Å². The second kappa shape index (κ2) is 4.76. The Hall–Kier alpha value is -1.71. The van der Waals surface area contributed by atoms with E-state index in [-0.39, 0.29) is 11.5 Å². The summed E-state index contributed by atoms with van der Waals surface area (Å²) in [5, 5.41) is 9.19. The summed E-state index contributed by atoms with van der Waals surface area (Å²) >= 11 is 0. The van der Waals surface area contributed by atoms with Crippen LogP contribution in [0.5, 0.6) is 11.5 Å². The summed E-state index contributed by atoms with van der Waals surface area (Å²) in [4.78, 5) is 11.2. The molecule has 1 aromatic rings. The average Bonchev–Trinajstić information content (AvgIpc) is 2.59. The Morgan fingerprint density at radius 2 is 2.11 bits per heavy atom. The van der Waals surface area contributed by atoms with Gasteiger partial charge in [-0.3, -0.25) is 0 Å². The Morgan fingerprint density at radius 3 is 2.68 bits per heavy atom. The summed E-state index contributed by atoms with van der Waals surface area (Å²) in [7, 11) is 0. The number of hydrogen-bond donors (Lipinski definition) is 1. The lowest BCUT2D eigenvalue weighted by Crippen LogP contribution is -2.32. The molecule has 1 aromatic carbocycles. The number of aliphatic carboxylic acids is 1. The third kappa shape index (κ3) is 2.83. The van der Waals surface area contributed by atoms with E-state index in [4.69, 9.17) is 9.47 Å². The van der Waals surface area contributed by atoms with E-state index in [0.29, 0.717) is 11.5 Å². The number of carbonyl (C=O) groups is 1. The van der Waals surface area contributed by atoms with Gasteiger partial charge in [-0.25, -0.2) is 4.79 Å². The van der Waals surface area contributed by atoms with Gasteiger partial charge in [-0.15, -0.1) is 0 Å². The first kappa shape index (κ1) is 13.7. The third-order valence-corrected chi connectivity index (χ3v) is 3.16. The van der Waals surface area contributed by atoms with Crippen LogP contribution in [0.1, 0.15) is 33.3 Å². The van der Waals surface area contributed by atoms with E-state index in [1.807, 2.05) is 39.8 Å². The van der Waals surface area contributed by atoms with Crippen molar-refractivity contribution in [1.29, 1.82) is 0 Å². The summed E-state index contributed by atoms with van der Waals surface area (Å²) in [6.07, 6.45) is -0.0577. The highest BCUT2D eigenvalue weighted by atomic mass is 16.6. The first-order valence-electron chi connectivity index (χ1n) is 6.50. The second-order valence-electron chi connectivity index (χ2n) is 5.90. The lowest BCUT2D eigenvalue weighted by molar-refractivity contribution is -0.147. The van der Waals surface area contributed by atoms with Crippen molar-refractivity contribution in [3.63, 3.8) is 0 Å².